The molecule has 2 heterocycles. The maximum Gasteiger partial charge on any atom is 0.262 e. The molecule has 1 aromatic carbocycles. The van der Waals surface area contributed by atoms with Gasteiger partial charge in [0.05, 0.1) is 11.1 Å². The summed E-state index contributed by atoms with van der Waals surface area (Å²) in [4.78, 5) is 49.7. The average molecular weight is 357 g/mol. The van der Waals surface area contributed by atoms with Gasteiger partial charge in [0.25, 0.3) is 11.8 Å². The monoisotopic (exact) mass is 357 g/mol. The van der Waals surface area contributed by atoms with Gasteiger partial charge in [-0.05, 0) is 49.9 Å². The Morgan fingerprint density at radius 2 is 1.73 bits per heavy atom. The van der Waals surface area contributed by atoms with E-state index in [9.17, 15) is 19.2 Å². The first-order valence-electron chi connectivity index (χ1n) is 9.07. The fourth-order valence-electron chi connectivity index (χ4n) is 3.50. The molecule has 4 amide bonds. The standard InChI is InChI=1S/C19H23N3O4/c20-10-4-2-1-3-5-12-6-7-13-14(11-12)19(26)22(18(13)25)15-8-9-16(23)21-17(15)24/h6-7,11,15H,1-5,8-10,20H2,(H,21,23,24). The molecule has 0 spiro atoms. The van der Waals surface area contributed by atoms with Gasteiger partial charge in [0.1, 0.15) is 6.04 Å². The summed E-state index contributed by atoms with van der Waals surface area (Å²) in [6.45, 7) is 0.700. The average Bonchev–Trinajstić information content (AvgIpc) is 2.86. The van der Waals surface area contributed by atoms with Crippen molar-refractivity contribution in [2.45, 2.75) is 51.0 Å². The molecule has 0 saturated carbocycles. The van der Waals surface area contributed by atoms with E-state index < -0.39 is 23.8 Å². The third-order valence-electron chi connectivity index (χ3n) is 4.92. The third-order valence-corrected chi connectivity index (χ3v) is 4.92. The molecular formula is C19H23N3O4. The lowest BCUT2D eigenvalue weighted by atomic mass is 10.0. The molecule has 0 aromatic heterocycles. The Morgan fingerprint density at radius 1 is 1.00 bits per heavy atom. The van der Waals surface area contributed by atoms with Crippen molar-refractivity contribution in [3.8, 4) is 0 Å². The SMILES string of the molecule is NCCCCCCc1ccc2c(c1)C(=O)N(C1CCC(=O)NC1=O)C2=O. The van der Waals surface area contributed by atoms with Crippen LogP contribution in [0.25, 0.3) is 0 Å². The van der Waals surface area contributed by atoms with E-state index in [1.165, 1.54) is 0 Å². The smallest absolute Gasteiger partial charge is 0.262 e. The highest BCUT2D eigenvalue weighted by atomic mass is 16.2. The second kappa shape index (κ2) is 7.78. The number of hydrogen-bond acceptors (Lipinski definition) is 5. The number of unbranched alkanes of at least 4 members (excludes halogenated alkanes) is 3. The zero-order valence-corrected chi connectivity index (χ0v) is 14.6. The summed E-state index contributed by atoms with van der Waals surface area (Å²) in [7, 11) is 0. The molecule has 3 rings (SSSR count). The van der Waals surface area contributed by atoms with Crippen LogP contribution < -0.4 is 11.1 Å². The molecule has 0 aliphatic carbocycles. The minimum Gasteiger partial charge on any atom is -0.330 e. The number of piperidine rings is 1. The second-order valence-corrected chi connectivity index (χ2v) is 6.78. The number of nitrogens with two attached hydrogens (primary N) is 1. The van der Waals surface area contributed by atoms with E-state index in [4.69, 9.17) is 5.73 Å². The number of amides is 4. The number of nitrogens with one attached hydrogen (secondary N) is 1. The topological polar surface area (TPSA) is 110 Å². The molecule has 1 saturated heterocycles. The zero-order valence-electron chi connectivity index (χ0n) is 14.6. The summed E-state index contributed by atoms with van der Waals surface area (Å²) >= 11 is 0. The fraction of sp³-hybridized carbons (Fsp3) is 0.474. The molecule has 26 heavy (non-hydrogen) atoms. The molecule has 1 atom stereocenters. The van der Waals surface area contributed by atoms with Crippen molar-refractivity contribution in [1.29, 1.82) is 0 Å². The zero-order chi connectivity index (χ0) is 18.7. The van der Waals surface area contributed by atoms with Crippen LogP contribution in [0.4, 0.5) is 0 Å². The fourth-order valence-corrected chi connectivity index (χ4v) is 3.50. The van der Waals surface area contributed by atoms with Crippen LogP contribution >= 0.6 is 0 Å². The van der Waals surface area contributed by atoms with Crippen molar-refractivity contribution in [3.05, 3.63) is 34.9 Å². The minimum absolute atomic E-state index is 0.123. The van der Waals surface area contributed by atoms with Crippen molar-refractivity contribution < 1.29 is 19.2 Å². The van der Waals surface area contributed by atoms with Crippen LogP contribution in [0.5, 0.6) is 0 Å². The summed E-state index contributed by atoms with van der Waals surface area (Å²) in [5.41, 5.74) is 7.16. The Hall–Kier alpha value is -2.54. The molecule has 0 radical (unpaired) electrons. The Labute approximate surface area is 151 Å². The third kappa shape index (κ3) is 3.53. The lowest BCUT2D eigenvalue weighted by Crippen LogP contribution is -2.54. The quantitative estimate of drug-likeness (QED) is 0.562. The molecule has 138 valence electrons. The van der Waals surface area contributed by atoms with Crippen molar-refractivity contribution >= 4 is 23.6 Å². The van der Waals surface area contributed by atoms with E-state index in [0.717, 1.165) is 42.6 Å². The second-order valence-electron chi connectivity index (χ2n) is 6.78. The lowest BCUT2D eigenvalue weighted by Gasteiger charge is -2.27. The molecule has 7 heteroatoms. The van der Waals surface area contributed by atoms with Gasteiger partial charge < -0.3 is 5.73 Å². The first-order valence-corrected chi connectivity index (χ1v) is 9.07. The highest BCUT2D eigenvalue weighted by molar-refractivity contribution is 6.23. The first-order chi connectivity index (χ1) is 12.5. The van der Waals surface area contributed by atoms with Crippen LogP contribution in [0.3, 0.4) is 0 Å². The van der Waals surface area contributed by atoms with Gasteiger partial charge in [0.15, 0.2) is 0 Å². The van der Waals surface area contributed by atoms with Gasteiger partial charge in [0.2, 0.25) is 11.8 Å². The first kappa shape index (κ1) is 18.3. The Morgan fingerprint density at radius 3 is 2.46 bits per heavy atom. The molecule has 2 aliphatic rings. The summed E-state index contributed by atoms with van der Waals surface area (Å²) in [5.74, 6) is -1.88. The summed E-state index contributed by atoms with van der Waals surface area (Å²) in [6, 6.07) is 4.36. The summed E-state index contributed by atoms with van der Waals surface area (Å²) < 4.78 is 0. The highest BCUT2D eigenvalue weighted by Gasteiger charge is 2.44. The van der Waals surface area contributed by atoms with Crippen LogP contribution in [0.15, 0.2) is 18.2 Å². The van der Waals surface area contributed by atoms with E-state index in [0.29, 0.717) is 17.7 Å². The predicted molar refractivity (Wildman–Crippen MR) is 94.3 cm³/mol. The summed E-state index contributed by atoms with van der Waals surface area (Å²) in [6.07, 6.45) is 5.29. The number of carbonyl (C=O) groups excluding carboxylic acids is 4. The molecule has 3 N–H and O–H groups in total. The van der Waals surface area contributed by atoms with Crippen LogP contribution in [0.1, 0.15) is 64.8 Å². The molecule has 1 fully saturated rings. The van der Waals surface area contributed by atoms with Gasteiger partial charge in [-0.1, -0.05) is 18.9 Å². The van der Waals surface area contributed by atoms with E-state index in [1.807, 2.05) is 6.07 Å². The number of aryl methyl sites for hydroxylation is 1. The molecule has 1 unspecified atom stereocenters. The van der Waals surface area contributed by atoms with E-state index >= 15 is 0 Å². The Bertz CT molecular complexity index is 759. The Kier molecular flexibility index (Phi) is 5.46. The van der Waals surface area contributed by atoms with Crippen molar-refractivity contribution in [3.63, 3.8) is 0 Å². The van der Waals surface area contributed by atoms with Gasteiger partial charge in [0, 0.05) is 6.42 Å². The number of rotatable bonds is 7. The van der Waals surface area contributed by atoms with E-state index in [-0.39, 0.29) is 18.7 Å². The van der Waals surface area contributed by atoms with E-state index in [1.54, 1.807) is 12.1 Å². The Balaban J connectivity index is 1.71. The van der Waals surface area contributed by atoms with Gasteiger partial charge in [-0.3, -0.25) is 29.4 Å². The number of carbonyl (C=O) groups is 4. The maximum atomic E-state index is 12.7. The van der Waals surface area contributed by atoms with Gasteiger partial charge in [-0.15, -0.1) is 0 Å². The van der Waals surface area contributed by atoms with Crippen LogP contribution in [-0.2, 0) is 16.0 Å². The van der Waals surface area contributed by atoms with Crippen LogP contribution in [0.2, 0.25) is 0 Å². The largest absolute Gasteiger partial charge is 0.330 e. The number of benzene rings is 1. The molecule has 2 aliphatic heterocycles. The maximum absolute atomic E-state index is 12.7. The highest BCUT2D eigenvalue weighted by Crippen LogP contribution is 2.28. The molecular weight excluding hydrogens is 334 g/mol. The van der Waals surface area contributed by atoms with Gasteiger partial charge >= 0.3 is 0 Å². The molecule has 7 nitrogen and oxygen atoms in total. The normalized spacial score (nSPS) is 19.7. The number of hydrogen-bond donors (Lipinski definition) is 2. The summed E-state index contributed by atoms with van der Waals surface area (Å²) in [5, 5.41) is 2.20. The van der Waals surface area contributed by atoms with Gasteiger partial charge in [-0.25, -0.2) is 0 Å². The lowest BCUT2D eigenvalue weighted by molar-refractivity contribution is -0.136. The van der Waals surface area contributed by atoms with Crippen LogP contribution in [-0.4, -0.2) is 41.1 Å². The minimum atomic E-state index is -0.917. The predicted octanol–water partition coefficient (Wildman–Crippen LogP) is 1.15. The van der Waals surface area contributed by atoms with Crippen LogP contribution in [0, 0.1) is 0 Å². The molecule has 1 aromatic rings. The van der Waals surface area contributed by atoms with Gasteiger partial charge in [-0.2, -0.15) is 0 Å². The number of fused-ring (bicyclic) bond motifs is 1. The van der Waals surface area contributed by atoms with E-state index in [2.05, 4.69) is 5.32 Å². The molecule has 0 bridgehead atoms. The number of imide groups is 2. The number of nitrogens with zero attached hydrogens (tertiary/aromatic N) is 1. The van der Waals surface area contributed by atoms with Crippen molar-refractivity contribution in [2.24, 2.45) is 5.73 Å². The van der Waals surface area contributed by atoms with Crippen molar-refractivity contribution in [2.75, 3.05) is 6.54 Å². The van der Waals surface area contributed by atoms with Crippen molar-refractivity contribution in [1.82, 2.24) is 10.2 Å².